The molecule has 0 radical (unpaired) electrons. The van der Waals surface area contributed by atoms with Gasteiger partial charge in [0.05, 0.1) is 22.3 Å². The van der Waals surface area contributed by atoms with E-state index >= 15 is 0 Å². The van der Waals surface area contributed by atoms with E-state index in [1.54, 1.807) is 0 Å². The summed E-state index contributed by atoms with van der Waals surface area (Å²) < 4.78 is 15.7. The van der Waals surface area contributed by atoms with E-state index < -0.39 is 0 Å². The van der Waals surface area contributed by atoms with Gasteiger partial charge < -0.3 is 13.4 Å². The lowest BCUT2D eigenvalue weighted by Gasteiger charge is -2.13. The molecule has 4 heterocycles. The first-order valence-electron chi connectivity index (χ1n) is 19.0. The van der Waals surface area contributed by atoms with Gasteiger partial charge in [-0.1, -0.05) is 140 Å². The van der Waals surface area contributed by atoms with Crippen LogP contribution in [-0.4, -0.2) is 19.5 Å². The smallest absolute Gasteiger partial charge is 0.167 e. The summed E-state index contributed by atoms with van der Waals surface area (Å²) in [6.07, 6.45) is 0. The lowest BCUT2D eigenvalue weighted by Crippen LogP contribution is -2.02. The van der Waals surface area contributed by atoms with Gasteiger partial charge in [0.15, 0.2) is 23.1 Å². The Morgan fingerprint density at radius 3 is 1.75 bits per heavy atom. The van der Waals surface area contributed by atoms with Crippen molar-refractivity contribution in [2.75, 3.05) is 0 Å². The van der Waals surface area contributed by atoms with Gasteiger partial charge in [-0.15, -0.1) is 0 Å². The number of hydrogen-bond donors (Lipinski definition) is 0. The van der Waals surface area contributed by atoms with Gasteiger partial charge in [-0.25, -0.2) is 15.0 Å². The molecule has 0 saturated heterocycles. The third-order valence-electron chi connectivity index (χ3n) is 11.1. The maximum atomic E-state index is 6.86. The number of furan rings is 2. The normalized spacial score (nSPS) is 11.9. The predicted molar refractivity (Wildman–Crippen MR) is 230 cm³/mol. The maximum absolute atomic E-state index is 6.86. The van der Waals surface area contributed by atoms with Crippen molar-refractivity contribution in [3.63, 3.8) is 0 Å². The number of rotatable bonds is 5. The molecule has 57 heavy (non-hydrogen) atoms. The van der Waals surface area contributed by atoms with E-state index in [-0.39, 0.29) is 0 Å². The summed E-state index contributed by atoms with van der Waals surface area (Å²) in [7, 11) is 0. The first-order valence-corrected chi connectivity index (χ1v) is 19.0. The van der Waals surface area contributed by atoms with Gasteiger partial charge >= 0.3 is 0 Å². The minimum absolute atomic E-state index is 0.539. The predicted octanol–water partition coefficient (Wildman–Crippen LogP) is 13.4. The SMILES string of the molecule is c1ccc(-c2ccc3c(c2)oc2c(-n4c5ccccc5c5cccc(-c6nc(-c7ccccc7)nc(-c7cccc8c7oc7ccccc78)n6)c54)cccc23)cc1. The molecule has 0 aliphatic rings. The molecule has 0 fully saturated rings. The summed E-state index contributed by atoms with van der Waals surface area (Å²) in [5.41, 5.74) is 11.0. The molecule has 0 atom stereocenters. The fourth-order valence-electron chi connectivity index (χ4n) is 8.48. The largest absolute Gasteiger partial charge is 0.455 e. The molecule has 0 spiro atoms. The van der Waals surface area contributed by atoms with Crippen LogP contribution in [0.5, 0.6) is 0 Å². The summed E-state index contributed by atoms with van der Waals surface area (Å²) in [4.78, 5) is 15.6. The Kier molecular flexibility index (Phi) is 6.83. The van der Waals surface area contributed by atoms with Crippen LogP contribution in [0.25, 0.3) is 117 Å². The monoisotopic (exact) mass is 730 g/mol. The summed E-state index contributed by atoms with van der Waals surface area (Å²) in [5, 5.41) is 6.41. The third kappa shape index (κ3) is 4.87. The van der Waals surface area contributed by atoms with Gasteiger partial charge in [-0.3, -0.25) is 0 Å². The van der Waals surface area contributed by atoms with Gasteiger partial charge in [0.25, 0.3) is 0 Å². The zero-order valence-corrected chi connectivity index (χ0v) is 30.4. The van der Waals surface area contributed by atoms with E-state index in [0.717, 1.165) is 99.2 Å². The van der Waals surface area contributed by atoms with E-state index in [1.807, 2.05) is 66.7 Å². The Morgan fingerprint density at radius 1 is 0.351 bits per heavy atom. The molecule has 8 aromatic carbocycles. The Hall–Kier alpha value is -7.83. The Morgan fingerprint density at radius 2 is 0.930 bits per heavy atom. The molecule has 0 unspecified atom stereocenters. The first-order chi connectivity index (χ1) is 28.3. The van der Waals surface area contributed by atoms with Crippen molar-refractivity contribution >= 4 is 65.7 Å². The number of para-hydroxylation sites is 5. The highest BCUT2D eigenvalue weighted by Crippen LogP contribution is 2.42. The molecule has 12 rings (SSSR count). The molecular weight excluding hydrogens is 701 g/mol. The summed E-state index contributed by atoms with van der Waals surface area (Å²) >= 11 is 0. The third-order valence-corrected chi connectivity index (χ3v) is 11.1. The highest BCUT2D eigenvalue weighted by molar-refractivity contribution is 6.16. The van der Waals surface area contributed by atoms with E-state index in [2.05, 4.69) is 120 Å². The van der Waals surface area contributed by atoms with Crippen molar-refractivity contribution in [3.05, 3.63) is 182 Å². The molecule has 0 aliphatic heterocycles. The fraction of sp³-hybridized carbons (Fsp3) is 0. The first kappa shape index (κ1) is 31.5. The zero-order chi connectivity index (χ0) is 37.5. The van der Waals surface area contributed by atoms with Crippen LogP contribution in [0, 0.1) is 0 Å². The summed E-state index contributed by atoms with van der Waals surface area (Å²) in [6, 6.07) is 62.6. The molecule has 0 aliphatic carbocycles. The second-order valence-electron chi connectivity index (χ2n) is 14.3. The van der Waals surface area contributed by atoms with Crippen molar-refractivity contribution in [1.29, 1.82) is 0 Å². The van der Waals surface area contributed by atoms with Crippen LogP contribution < -0.4 is 0 Å². The number of hydrogen-bond acceptors (Lipinski definition) is 5. The zero-order valence-electron chi connectivity index (χ0n) is 30.4. The fourth-order valence-corrected chi connectivity index (χ4v) is 8.48. The van der Waals surface area contributed by atoms with Gasteiger partial charge in [-0.2, -0.15) is 0 Å². The van der Waals surface area contributed by atoms with Crippen molar-refractivity contribution in [2.45, 2.75) is 0 Å². The minimum Gasteiger partial charge on any atom is -0.455 e. The summed E-state index contributed by atoms with van der Waals surface area (Å²) in [5.74, 6) is 1.68. The Balaban J connectivity index is 1.14. The molecule has 4 aromatic heterocycles. The van der Waals surface area contributed by atoms with Crippen molar-refractivity contribution in [3.8, 4) is 51.0 Å². The standard InChI is InChI=1S/C51H30N4O2/c1-3-14-31(15-4-1)33-28-29-36-39-22-13-26-43(48(39)57-45(36)30-33)55-42-25-9-7-18-34(42)37-20-11-23-40(46(37)55)50-52-49(32-16-5-2-6-17-32)53-51(54-50)41-24-12-21-38-35-19-8-10-27-44(35)56-47(38)41/h1-30H. The van der Waals surface area contributed by atoms with E-state index in [9.17, 15) is 0 Å². The van der Waals surface area contributed by atoms with E-state index in [0.29, 0.717) is 17.5 Å². The molecule has 0 amide bonds. The van der Waals surface area contributed by atoms with Crippen LogP contribution in [-0.2, 0) is 0 Å². The minimum atomic E-state index is 0.539. The van der Waals surface area contributed by atoms with E-state index in [4.69, 9.17) is 23.8 Å². The van der Waals surface area contributed by atoms with Gasteiger partial charge in [0.2, 0.25) is 0 Å². The molecule has 12 aromatic rings. The lowest BCUT2D eigenvalue weighted by molar-refractivity contribution is 0.666. The molecule has 6 heteroatoms. The van der Waals surface area contributed by atoms with Crippen LogP contribution in [0.3, 0.4) is 0 Å². The average Bonchev–Trinajstić information content (AvgIpc) is 3.96. The van der Waals surface area contributed by atoms with E-state index in [1.165, 1.54) is 0 Å². The number of aromatic nitrogens is 4. The van der Waals surface area contributed by atoms with Crippen molar-refractivity contribution < 1.29 is 8.83 Å². The molecule has 266 valence electrons. The van der Waals surface area contributed by atoms with Crippen LogP contribution in [0.4, 0.5) is 0 Å². The van der Waals surface area contributed by atoms with Crippen LogP contribution in [0.15, 0.2) is 191 Å². The molecule has 0 bridgehead atoms. The Bertz CT molecular complexity index is 3530. The maximum Gasteiger partial charge on any atom is 0.167 e. The van der Waals surface area contributed by atoms with Crippen LogP contribution in [0.1, 0.15) is 0 Å². The summed E-state index contributed by atoms with van der Waals surface area (Å²) in [6.45, 7) is 0. The second kappa shape index (κ2) is 12.3. The number of benzene rings is 8. The van der Waals surface area contributed by atoms with Crippen LogP contribution >= 0.6 is 0 Å². The number of nitrogens with zero attached hydrogens (tertiary/aromatic N) is 4. The van der Waals surface area contributed by atoms with Crippen molar-refractivity contribution in [1.82, 2.24) is 19.5 Å². The van der Waals surface area contributed by atoms with Crippen LogP contribution in [0.2, 0.25) is 0 Å². The number of fused-ring (bicyclic) bond motifs is 9. The topological polar surface area (TPSA) is 69.9 Å². The molecule has 0 N–H and O–H groups in total. The highest BCUT2D eigenvalue weighted by Gasteiger charge is 2.23. The molecule has 0 saturated carbocycles. The quantitative estimate of drug-likeness (QED) is 0.176. The molecule has 6 nitrogen and oxygen atoms in total. The Labute approximate surface area is 325 Å². The second-order valence-corrected chi connectivity index (χ2v) is 14.3. The van der Waals surface area contributed by atoms with Crippen molar-refractivity contribution in [2.24, 2.45) is 0 Å². The van der Waals surface area contributed by atoms with Gasteiger partial charge in [-0.05, 0) is 53.6 Å². The van der Waals surface area contributed by atoms with Gasteiger partial charge in [0.1, 0.15) is 16.7 Å². The average molecular weight is 731 g/mol. The lowest BCUT2D eigenvalue weighted by atomic mass is 10.0. The molecular formula is C51H30N4O2. The van der Waals surface area contributed by atoms with Gasteiger partial charge in [0, 0.05) is 43.4 Å². The highest BCUT2D eigenvalue weighted by atomic mass is 16.3.